The van der Waals surface area contributed by atoms with Crippen LogP contribution in [0.3, 0.4) is 0 Å². The molecule has 19 heteroatoms. The van der Waals surface area contributed by atoms with E-state index in [4.69, 9.17) is 37.0 Å². The van der Waals surface area contributed by atoms with Gasteiger partial charge in [-0.05, 0) is 25.7 Å². The standard InChI is InChI=1S/C79H154O17P2/c1-5-9-13-17-21-24-27-30-33-35-36-37-38-41-44-47-50-54-58-62-66-79(84)96-75(70-90-77(82)64-60-56-52-48-45-42-40-34-31-28-25-22-18-14-10-6-2)72-94-98(87,88)92-68-73(80)67-91-97(85,86)93-71-74(69-89-76(81)63-59-55-51-20-16-12-8-4)95-78(83)65-61-57-53-49-46-43-39-32-29-26-23-19-15-11-7-3/h73-75,80H,5-72H2,1-4H3,(H,85,86)(H,87,88)/t73-,74+,75+/m0/s1. The Hall–Kier alpha value is -1.94. The van der Waals surface area contributed by atoms with Gasteiger partial charge in [0.15, 0.2) is 12.2 Å². The summed E-state index contributed by atoms with van der Waals surface area (Å²) in [4.78, 5) is 72.8. The Morgan fingerprint density at radius 1 is 0.245 bits per heavy atom. The summed E-state index contributed by atoms with van der Waals surface area (Å²) in [5.41, 5.74) is 0. The van der Waals surface area contributed by atoms with E-state index in [0.717, 1.165) is 103 Å². The van der Waals surface area contributed by atoms with E-state index in [1.165, 1.54) is 244 Å². The van der Waals surface area contributed by atoms with Gasteiger partial charge in [-0.2, -0.15) is 0 Å². The molecule has 582 valence electrons. The van der Waals surface area contributed by atoms with Gasteiger partial charge < -0.3 is 33.8 Å². The highest BCUT2D eigenvalue weighted by Gasteiger charge is 2.30. The fraction of sp³-hybridized carbons (Fsp3) is 0.949. The summed E-state index contributed by atoms with van der Waals surface area (Å²) >= 11 is 0. The van der Waals surface area contributed by atoms with E-state index in [9.17, 15) is 43.2 Å². The molecule has 2 unspecified atom stereocenters. The van der Waals surface area contributed by atoms with Crippen molar-refractivity contribution in [2.24, 2.45) is 0 Å². The average Bonchev–Trinajstić information content (AvgIpc) is 0.962. The number of carbonyl (C=O) groups is 4. The van der Waals surface area contributed by atoms with Gasteiger partial charge in [0.2, 0.25) is 0 Å². The Labute approximate surface area is 600 Å². The summed E-state index contributed by atoms with van der Waals surface area (Å²) in [6.45, 7) is 4.98. The molecule has 0 bridgehead atoms. The molecule has 0 fully saturated rings. The second-order valence-electron chi connectivity index (χ2n) is 28.5. The molecule has 3 N–H and O–H groups in total. The van der Waals surface area contributed by atoms with E-state index in [2.05, 4.69) is 27.7 Å². The first-order valence-electron chi connectivity index (χ1n) is 41.3. The molecule has 5 atom stereocenters. The van der Waals surface area contributed by atoms with Crippen LogP contribution in [0.15, 0.2) is 0 Å². The third kappa shape index (κ3) is 72.4. The Balaban J connectivity index is 5.17. The number of hydrogen-bond acceptors (Lipinski definition) is 15. The molecule has 0 radical (unpaired) electrons. The lowest BCUT2D eigenvalue weighted by Crippen LogP contribution is -2.30. The predicted octanol–water partition coefficient (Wildman–Crippen LogP) is 23.8. The quantitative estimate of drug-likeness (QED) is 0.0222. The number of phosphoric acid groups is 2. The summed E-state index contributed by atoms with van der Waals surface area (Å²) in [7, 11) is -9.91. The zero-order valence-electron chi connectivity index (χ0n) is 63.8. The van der Waals surface area contributed by atoms with Gasteiger partial charge in [0.25, 0.3) is 0 Å². The van der Waals surface area contributed by atoms with Crippen LogP contribution in [0.5, 0.6) is 0 Å². The first kappa shape index (κ1) is 96.1. The maximum atomic E-state index is 13.1. The number of aliphatic hydroxyl groups excluding tert-OH is 1. The number of aliphatic hydroxyl groups is 1. The van der Waals surface area contributed by atoms with Gasteiger partial charge in [-0.3, -0.25) is 37.3 Å². The molecule has 0 spiro atoms. The number of carbonyl (C=O) groups excluding carboxylic acids is 4. The van der Waals surface area contributed by atoms with Crippen molar-refractivity contribution in [3.63, 3.8) is 0 Å². The Bertz CT molecular complexity index is 1860. The number of unbranched alkanes of at least 4 members (excludes halogenated alkanes) is 54. The molecule has 0 rings (SSSR count). The summed E-state index contributed by atoms with van der Waals surface area (Å²) in [5, 5.41) is 10.6. The Morgan fingerprint density at radius 2 is 0.408 bits per heavy atom. The van der Waals surface area contributed by atoms with E-state index in [1.807, 2.05) is 0 Å². The molecule has 0 amide bonds. The molecular weight excluding hydrogens is 1280 g/mol. The van der Waals surface area contributed by atoms with E-state index in [-0.39, 0.29) is 25.7 Å². The number of hydrogen-bond donors (Lipinski definition) is 3. The van der Waals surface area contributed by atoms with Crippen molar-refractivity contribution in [3.8, 4) is 0 Å². The summed E-state index contributed by atoms with van der Waals surface area (Å²) in [5.74, 6) is -2.11. The molecule has 0 heterocycles. The lowest BCUT2D eigenvalue weighted by Gasteiger charge is -2.21. The van der Waals surface area contributed by atoms with E-state index in [0.29, 0.717) is 25.7 Å². The number of phosphoric ester groups is 2. The molecule has 0 saturated carbocycles. The summed E-state index contributed by atoms with van der Waals surface area (Å²) in [6, 6.07) is 0. The zero-order valence-corrected chi connectivity index (χ0v) is 65.6. The first-order valence-corrected chi connectivity index (χ1v) is 44.3. The van der Waals surface area contributed by atoms with E-state index in [1.54, 1.807) is 0 Å². The van der Waals surface area contributed by atoms with Crippen LogP contribution in [-0.4, -0.2) is 96.7 Å². The SMILES string of the molecule is CCCCCCCCCCCCCCCCCCCCCCC(=O)O[C@H](COC(=O)CCCCCCCCCCCCCCCCCC)COP(=O)(O)OC[C@@H](O)COP(=O)(O)OC[C@@H](COC(=O)CCCCCCCCC)OC(=O)CCCCCCCCCCCCCCCCC. The molecule has 0 aliphatic heterocycles. The van der Waals surface area contributed by atoms with Crippen LogP contribution < -0.4 is 0 Å². The maximum absolute atomic E-state index is 13.1. The van der Waals surface area contributed by atoms with Gasteiger partial charge in [-0.1, -0.05) is 374 Å². The lowest BCUT2D eigenvalue weighted by atomic mass is 10.0. The fourth-order valence-electron chi connectivity index (χ4n) is 12.3. The van der Waals surface area contributed by atoms with Gasteiger partial charge in [0.1, 0.15) is 19.3 Å². The highest BCUT2D eigenvalue weighted by atomic mass is 31.2. The molecule has 0 aliphatic rings. The van der Waals surface area contributed by atoms with Crippen LogP contribution in [-0.2, 0) is 65.4 Å². The van der Waals surface area contributed by atoms with Crippen LogP contribution in [0.1, 0.15) is 426 Å². The molecule has 0 saturated heterocycles. The molecule has 0 aromatic rings. The van der Waals surface area contributed by atoms with Crippen LogP contribution in [0.2, 0.25) is 0 Å². The van der Waals surface area contributed by atoms with Crippen molar-refractivity contribution < 1.29 is 80.2 Å². The number of rotatable bonds is 80. The molecule has 0 aliphatic carbocycles. The third-order valence-corrected chi connectivity index (χ3v) is 20.5. The van der Waals surface area contributed by atoms with Gasteiger partial charge in [-0.25, -0.2) is 9.13 Å². The van der Waals surface area contributed by atoms with Gasteiger partial charge in [0, 0.05) is 25.7 Å². The van der Waals surface area contributed by atoms with Crippen molar-refractivity contribution in [1.82, 2.24) is 0 Å². The minimum atomic E-state index is -4.96. The van der Waals surface area contributed by atoms with Crippen molar-refractivity contribution in [2.75, 3.05) is 39.6 Å². The minimum absolute atomic E-state index is 0.108. The maximum Gasteiger partial charge on any atom is 0.472 e. The average molecular weight is 1440 g/mol. The monoisotopic (exact) mass is 1440 g/mol. The Morgan fingerprint density at radius 3 is 0.602 bits per heavy atom. The van der Waals surface area contributed by atoms with Gasteiger partial charge >= 0.3 is 39.5 Å². The van der Waals surface area contributed by atoms with Crippen molar-refractivity contribution in [3.05, 3.63) is 0 Å². The van der Waals surface area contributed by atoms with Crippen LogP contribution in [0, 0.1) is 0 Å². The van der Waals surface area contributed by atoms with Gasteiger partial charge in [0.05, 0.1) is 26.4 Å². The normalized spacial score (nSPS) is 13.8. The van der Waals surface area contributed by atoms with Crippen LogP contribution in [0.4, 0.5) is 0 Å². The second kappa shape index (κ2) is 73.4. The topological polar surface area (TPSA) is 237 Å². The predicted molar refractivity (Wildman–Crippen MR) is 400 cm³/mol. The zero-order chi connectivity index (χ0) is 71.8. The molecule has 0 aromatic heterocycles. The first-order chi connectivity index (χ1) is 47.7. The summed E-state index contributed by atoms with van der Waals surface area (Å²) in [6.07, 6.45) is 65.4. The van der Waals surface area contributed by atoms with Gasteiger partial charge in [-0.15, -0.1) is 0 Å². The van der Waals surface area contributed by atoms with Crippen LogP contribution >= 0.6 is 15.6 Å². The number of ether oxygens (including phenoxy) is 4. The largest absolute Gasteiger partial charge is 0.472 e. The van der Waals surface area contributed by atoms with E-state index >= 15 is 0 Å². The minimum Gasteiger partial charge on any atom is -0.462 e. The highest BCUT2D eigenvalue weighted by Crippen LogP contribution is 2.45. The van der Waals surface area contributed by atoms with Crippen molar-refractivity contribution in [1.29, 1.82) is 0 Å². The number of esters is 4. The summed E-state index contributed by atoms with van der Waals surface area (Å²) < 4.78 is 68.5. The van der Waals surface area contributed by atoms with Crippen molar-refractivity contribution in [2.45, 2.75) is 444 Å². The molecular formula is C79H154O17P2. The van der Waals surface area contributed by atoms with Crippen LogP contribution in [0.25, 0.3) is 0 Å². The highest BCUT2D eigenvalue weighted by molar-refractivity contribution is 7.47. The smallest absolute Gasteiger partial charge is 0.462 e. The lowest BCUT2D eigenvalue weighted by molar-refractivity contribution is -0.161. The molecule has 98 heavy (non-hydrogen) atoms. The fourth-order valence-corrected chi connectivity index (χ4v) is 13.9. The van der Waals surface area contributed by atoms with E-state index < -0.39 is 97.5 Å². The third-order valence-electron chi connectivity index (χ3n) is 18.6. The molecule has 0 aromatic carbocycles. The molecule has 17 nitrogen and oxygen atoms in total. The Kier molecular flexibility index (Phi) is 71.9. The second-order valence-corrected chi connectivity index (χ2v) is 31.4. The van der Waals surface area contributed by atoms with Crippen molar-refractivity contribution >= 4 is 39.5 Å².